The number of aliphatic hydroxyl groups is 1. The van der Waals surface area contributed by atoms with Crippen molar-refractivity contribution in [1.82, 2.24) is 5.32 Å². The molecule has 0 aromatic carbocycles. The molecule has 4 aliphatic carbocycles. The minimum absolute atomic E-state index is 0.208. The van der Waals surface area contributed by atoms with Crippen LogP contribution in [0.3, 0.4) is 0 Å². The fourth-order valence-electron chi connectivity index (χ4n) is 4.83. The van der Waals surface area contributed by atoms with Crippen molar-refractivity contribution in [2.75, 3.05) is 0 Å². The van der Waals surface area contributed by atoms with Crippen LogP contribution in [0.15, 0.2) is 0 Å². The zero-order valence-corrected chi connectivity index (χ0v) is 10.3. The maximum atomic E-state index is 10.5. The molecule has 3 atom stereocenters. The summed E-state index contributed by atoms with van der Waals surface area (Å²) in [6.07, 6.45) is 6.93. The van der Waals surface area contributed by atoms with Gasteiger partial charge < -0.3 is 10.4 Å². The molecule has 0 aromatic rings. The SMILES string of the molecule is CC(S)NC12CC3CC(CC(O)(C3)C1)C2. The van der Waals surface area contributed by atoms with Crippen LogP contribution in [0.4, 0.5) is 0 Å². The van der Waals surface area contributed by atoms with Gasteiger partial charge in [0.25, 0.3) is 0 Å². The second-order valence-electron chi connectivity index (χ2n) is 6.29. The van der Waals surface area contributed by atoms with E-state index in [4.69, 9.17) is 0 Å². The third kappa shape index (κ3) is 1.73. The van der Waals surface area contributed by atoms with E-state index in [1.165, 1.54) is 19.3 Å². The summed E-state index contributed by atoms with van der Waals surface area (Å²) in [5, 5.41) is 14.4. The summed E-state index contributed by atoms with van der Waals surface area (Å²) in [7, 11) is 0. The predicted molar refractivity (Wildman–Crippen MR) is 63.9 cm³/mol. The van der Waals surface area contributed by atoms with Crippen LogP contribution in [0, 0.1) is 11.8 Å². The van der Waals surface area contributed by atoms with Gasteiger partial charge in [0.1, 0.15) is 0 Å². The Hall–Kier alpha value is 0.270. The van der Waals surface area contributed by atoms with Crippen LogP contribution in [0.25, 0.3) is 0 Å². The third-order valence-electron chi connectivity index (χ3n) is 4.55. The summed E-state index contributed by atoms with van der Waals surface area (Å²) >= 11 is 4.45. The maximum absolute atomic E-state index is 10.5. The first-order valence-electron chi connectivity index (χ1n) is 6.17. The van der Waals surface area contributed by atoms with Gasteiger partial charge in [0.05, 0.1) is 5.60 Å². The Labute approximate surface area is 97.2 Å². The summed E-state index contributed by atoms with van der Waals surface area (Å²) in [6, 6.07) is 0. The summed E-state index contributed by atoms with van der Waals surface area (Å²) in [5.41, 5.74) is -0.139. The van der Waals surface area contributed by atoms with Crippen LogP contribution in [0.5, 0.6) is 0 Å². The van der Waals surface area contributed by atoms with Gasteiger partial charge in [-0.25, -0.2) is 0 Å². The lowest BCUT2D eigenvalue weighted by molar-refractivity contribution is -0.142. The highest BCUT2D eigenvalue weighted by molar-refractivity contribution is 7.80. The summed E-state index contributed by atoms with van der Waals surface area (Å²) in [4.78, 5) is 0. The molecule has 0 radical (unpaired) electrons. The predicted octanol–water partition coefficient (Wildman–Crippen LogP) is 1.94. The Balaban J connectivity index is 1.86. The van der Waals surface area contributed by atoms with Crippen LogP contribution >= 0.6 is 12.6 Å². The second kappa shape index (κ2) is 3.14. The molecule has 0 spiro atoms. The van der Waals surface area contributed by atoms with Crippen LogP contribution in [-0.4, -0.2) is 21.6 Å². The molecule has 2 N–H and O–H groups in total. The van der Waals surface area contributed by atoms with Gasteiger partial charge in [-0.1, -0.05) is 0 Å². The molecule has 15 heavy (non-hydrogen) atoms. The molecule has 4 bridgehead atoms. The largest absolute Gasteiger partial charge is 0.390 e. The van der Waals surface area contributed by atoms with E-state index < -0.39 is 0 Å². The molecule has 3 heteroatoms. The van der Waals surface area contributed by atoms with E-state index in [0.717, 1.165) is 31.1 Å². The topological polar surface area (TPSA) is 32.3 Å². The lowest BCUT2D eigenvalue weighted by atomic mass is 9.51. The lowest BCUT2D eigenvalue weighted by Crippen LogP contribution is -2.65. The number of hydrogen-bond donors (Lipinski definition) is 3. The molecule has 3 unspecified atom stereocenters. The molecule has 4 saturated carbocycles. The fraction of sp³-hybridized carbons (Fsp3) is 1.00. The van der Waals surface area contributed by atoms with Crippen LogP contribution < -0.4 is 5.32 Å². The minimum atomic E-state index is -0.347. The number of nitrogens with one attached hydrogen (secondary N) is 1. The average Bonchev–Trinajstić information content (AvgIpc) is 1.94. The van der Waals surface area contributed by atoms with E-state index in [2.05, 4.69) is 24.9 Å². The number of rotatable bonds is 2. The van der Waals surface area contributed by atoms with Crippen LogP contribution in [0.1, 0.15) is 45.4 Å². The van der Waals surface area contributed by atoms with Crippen LogP contribution in [-0.2, 0) is 0 Å². The standard InChI is InChI=1S/C12H21NOS/c1-8(15)13-11-3-9-2-10(4-11)6-12(14,5-9)7-11/h8-10,13-15H,2-7H2,1H3. The monoisotopic (exact) mass is 227 g/mol. The zero-order valence-electron chi connectivity index (χ0n) is 9.37. The van der Waals surface area contributed by atoms with Gasteiger partial charge in [0, 0.05) is 10.9 Å². The Bertz CT molecular complexity index is 259. The molecule has 2 nitrogen and oxygen atoms in total. The maximum Gasteiger partial charge on any atom is 0.0670 e. The van der Waals surface area contributed by atoms with E-state index in [1.807, 2.05) is 0 Å². The molecule has 0 saturated heterocycles. The van der Waals surface area contributed by atoms with Gasteiger partial charge in [-0.2, -0.15) is 12.6 Å². The van der Waals surface area contributed by atoms with Gasteiger partial charge in [-0.05, 0) is 57.3 Å². The quantitative estimate of drug-likeness (QED) is 0.497. The van der Waals surface area contributed by atoms with Gasteiger partial charge in [0.15, 0.2) is 0 Å². The zero-order chi connectivity index (χ0) is 10.7. The number of thiol groups is 1. The molecule has 0 aromatic heterocycles. The highest BCUT2D eigenvalue weighted by Gasteiger charge is 2.57. The Morgan fingerprint density at radius 2 is 1.87 bits per heavy atom. The molecule has 86 valence electrons. The van der Waals surface area contributed by atoms with Crippen molar-refractivity contribution in [3.05, 3.63) is 0 Å². The highest BCUT2D eigenvalue weighted by Crippen LogP contribution is 2.57. The first kappa shape index (κ1) is 10.4. The average molecular weight is 227 g/mol. The van der Waals surface area contributed by atoms with Gasteiger partial charge in [-0.15, -0.1) is 0 Å². The minimum Gasteiger partial charge on any atom is -0.390 e. The van der Waals surface area contributed by atoms with Crippen molar-refractivity contribution in [3.63, 3.8) is 0 Å². The van der Waals surface area contributed by atoms with E-state index in [1.54, 1.807) is 0 Å². The van der Waals surface area contributed by atoms with Gasteiger partial charge >= 0.3 is 0 Å². The lowest BCUT2D eigenvalue weighted by Gasteiger charge is -2.60. The molecule has 4 aliphatic rings. The van der Waals surface area contributed by atoms with E-state index >= 15 is 0 Å². The van der Waals surface area contributed by atoms with Crippen molar-refractivity contribution in [1.29, 1.82) is 0 Å². The van der Waals surface area contributed by atoms with Gasteiger partial charge in [-0.3, -0.25) is 0 Å². The summed E-state index contributed by atoms with van der Waals surface area (Å²) in [5.74, 6) is 1.52. The highest BCUT2D eigenvalue weighted by atomic mass is 32.1. The first-order valence-corrected chi connectivity index (χ1v) is 6.69. The molecular formula is C12H21NOS. The number of hydrogen-bond acceptors (Lipinski definition) is 3. The summed E-state index contributed by atoms with van der Waals surface area (Å²) < 4.78 is 0. The molecule has 0 amide bonds. The fourth-order valence-corrected chi connectivity index (χ4v) is 5.10. The van der Waals surface area contributed by atoms with Crippen molar-refractivity contribution in [2.24, 2.45) is 11.8 Å². The molecule has 4 fully saturated rings. The van der Waals surface area contributed by atoms with E-state index in [0.29, 0.717) is 0 Å². The van der Waals surface area contributed by atoms with Crippen LogP contribution in [0.2, 0.25) is 0 Å². The Morgan fingerprint density at radius 1 is 1.27 bits per heavy atom. The summed E-state index contributed by atoms with van der Waals surface area (Å²) in [6.45, 7) is 2.09. The van der Waals surface area contributed by atoms with E-state index in [9.17, 15) is 5.11 Å². The smallest absolute Gasteiger partial charge is 0.0670 e. The van der Waals surface area contributed by atoms with Crippen molar-refractivity contribution in [2.45, 2.75) is 62.0 Å². The van der Waals surface area contributed by atoms with Crippen molar-refractivity contribution < 1.29 is 5.11 Å². The normalized spacial score (nSPS) is 54.6. The molecule has 4 rings (SSSR count). The molecular weight excluding hydrogens is 206 g/mol. The second-order valence-corrected chi connectivity index (χ2v) is 7.06. The molecule has 0 heterocycles. The van der Waals surface area contributed by atoms with Gasteiger partial charge in [0.2, 0.25) is 0 Å². The Kier molecular flexibility index (Phi) is 2.19. The van der Waals surface area contributed by atoms with Crippen molar-refractivity contribution in [3.8, 4) is 0 Å². The van der Waals surface area contributed by atoms with E-state index in [-0.39, 0.29) is 16.5 Å². The Morgan fingerprint density at radius 3 is 2.33 bits per heavy atom. The first-order chi connectivity index (χ1) is 6.99. The molecule has 0 aliphatic heterocycles. The third-order valence-corrected chi connectivity index (χ3v) is 4.67. The van der Waals surface area contributed by atoms with Crippen molar-refractivity contribution >= 4 is 12.6 Å².